The Morgan fingerprint density at radius 3 is 1.39 bits per heavy atom. The maximum absolute atomic E-state index is 14.9. The molecule has 2 aliphatic heterocycles. The standard InChI is InChI=1S/2C25H28FN3O2/c2*1-17(28-25(30)10-11-27)20-6-4-18(5-7-20)13-29-14-21-8-9-22(31-16-19-2-3-19)12-23(21)24(26)15-29/h2*4-9,12,17,19,24H,2-3,10,13-16H2,1H3,(H,28,30)/t17-,24+;17-,24-/m00/s1. The van der Waals surface area contributed by atoms with Crippen LogP contribution in [-0.4, -0.2) is 47.9 Å². The van der Waals surface area contributed by atoms with E-state index in [2.05, 4.69) is 20.4 Å². The number of rotatable bonds is 16. The quantitative estimate of drug-likeness (QED) is 0.114. The number of nitrogens with zero attached hydrogens (tertiary/aromatic N) is 4. The van der Waals surface area contributed by atoms with Gasteiger partial charge in [0, 0.05) is 39.3 Å². The van der Waals surface area contributed by atoms with Gasteiger partial charge in [0.2, 0.25) is 11.8 Å². The molecular formula is C50H56F2N6O4. The van der Waals surface area contributed by atoms with Crippen LogP contribution in [0, 0.1) is 34.5 Å². The molecule has 4 aliphatic rings. The van der Waals surface area contributed by atoms with Gasteiger partial charge in [0.25, 0.3) is 0 Å². The maximum atomic E-state index is 14.9. The van der Waals surface area contributed by atoms with Crippen LogP contribution < -0.4 is 20.1 Å². The smallest absolute Gasteiger partial charge is 0.234 e. The first-order chi connectivity index (χ1) is 30.0. The van der Waals surface area contributed by atoms with E-state index in [9.17, 15) is 18.4 Å². The Hall–Kier alpha value is -5.82. The van der Waals surface area contributed by atoms with Crippen molar-refractivity contribution in [2.45, 2.75) is 103 Å². The summed E-state index contributed by atoms with van der Waals surface area (Å²) in [6.07, 6.45) is 2.62. The zero-order valence-electron chi connectivity index (χ0n) is 35.6. The van der Waals surface area contributed by atoms with Crippen LogP contribution in [0.1, 0.15) is 121 Å². The molecular weight excluding hydrogens is 787 g/mol. The lowest BCUT2D eigenvalue weighted by Crippen LogP contribution is -2.31. The average Bonchev–Trinajstić information content (AvgIpc) is 4.20. The number of halogens is 2. The van der Waals surface area contributed by atoms with Crippen molar-refractivity contribution in [3.05, 3.63) is 129 Å². The first-order valence-electron chi connectivity index (χ1n) is 21.8. The normalized spacial score (nSPS) is 19.2. The number of alkyl halides is 2. The van der Waals surface area contributed by atoms with E-state index in [0.29, 0.717) is 51.1 Å². The highest BCUT2D eigenvalue weighted by molar-refractivity contribution is 5.78. The number of fused-ring (bicyclic) bond motifs is 2. The van der Waals surface area contributed by atoms with Crippen LogP contribution in [0.25, 0.3) is 0 Å². The molecule has 2 amide bonds. The molecule has 2 heterocycles. The van der Waals surface area contributed by atoms with Crippen LogP contribution in [0.5, 0.6) is 11.5 Å². The number of ether oxygens (including phenoxy) is 2. The summed E-state index contributed by atoms with van der Waals surface area (Å²) in [5, 5.41) is 22.8. The second kappa shape index (κ2) is 20.8. The van der Waals surface area contributed by atoms with Crippen molar-refractivity contribution in [2.24, 2.45) is 11.8 Å². The lowest BCUT2D eigenvalue weighted by atomic mass is 9.97. The van der Waals surface area contributed by atoms with Crippen LogP contribution in [0.3, 0.4) is 0 Å². The van der Waals surface area contributed by atoms with Gasteiger partial charge in [-0.2, -0.15) is 10.5 Å². The van der Waals surface area contributed by atoms with Gasteiger partial charge in [0.05, 0.1) is 37.4 Å². The number of hydrogen-bond donors (Lipinski definition) is 2. The van der Waals surface area contributed by atoms with Gasteiger partial charge in [0.15, 0.2) is 0 Å². The van der Waals surface area contributed by atoms with Gasteiger partial charge >= 0.3 is 0 Å². The third kappa shape index (κ3) is 12.6. The first kappa shape index (κ1) is 44.2. The Morgan fingerprint density at radius 2 is 1.03 bits per heavy atom. The molecule has 0 spiro atoms. The Balaban J connectivity index is 0.000000186. The Kier molecular flexibility index (Phi) is 14.9. The van der Waals surface area contributed by atoms with Gasteiger partial charge < -0.3 is 20.1 Å². The van der Waals surface area contributed by atoms with Crippen molar-refractivity contribution >= 4 is 11.8 Å². The first-order valence-corrected chi connectivity index (χ1v) is 21.8. The summed E-state index contributed by atoms with van der Waals surface area (Å²) in [7, 11) is 0. The highest BCUT2D eigenvalue weighted by Crippen LogP contribution is 2.36. The summed E-state index contributed by atoms with van der Waals surface area (Å²) in [4.78, 5) is 27.4. The molecule has 0 unspecified atom stereocenters. The van der Waals surface area contributed by atoms with Gasteiger partial charge in [0.1, 0.15) is 36.7 Å². The van der Waals surface area contributed by atoms with Crippen LogP contribution in [0.2, 0.25) is 0 Å². The topological polar surface area (TPSA) is 131 Å². The van der Waals surface area contributed by atoms with E-state index in [1.807, 2.05) is 111 Å². The van der Waals surface area contributed by atoms with E-state index in [1.54, 1.807) is 0 Å². The number of carbonyl (C=O) groups is 2. The minimum absolute atomic E-state index is 0.141. The molecule has 2 N–H and O–H groups in total. The lowest BCUT2D eigenvalue weighted by Gasteiger charge is -2.31. The molecule has 62 heavy (non-hydrogen) atoms. The minimum atomic E-state index is -1.03. The predicted molar refractivity (Wildman–Crippen MR) is 232 cm³/mol. The van der Waals surface area contributed by atoms with E-state index in [0.717, 1.165) is 69.2 Å². The Morgan fingerprint density at radius 1 is 0.645 bits per heavy atom. The van der Waals surface area contributed by atoms with Gasteiger partial charge in [-0.3, -0.25) is 19.4 Å². The van der Waals surface area contributed by atoms with Crippen molar-refractivity contribution in [1.29, 1.82) is 10.5 Å². The molecule has 8 rings (SSSR count). The summed E-state index contributed by atoms with van der Waals surface area (Å²) in [6.45, 7) is 8.72. The van der Waals surface area contributed by atoms with Crippen molar-refractivity contribution < 1.29 is 27.8 Å². The maximum Gasteiger partial charge on any atom is 0.234 e. The summed E-state index contributed by atoms with van der Waals surface area (Å²) < 4.78 is 41.5. The third-order valence-corrected chi connectivity index (χ3v) is 11.9. The highest BCUT2D eigenvalue weighted by atomic mass is 19.1. The molecule has 0 bridgehead atoms. The SMILES string of the molecule is C[C@H](NC(=O)CC#N)c1ccc(CN2Cc3ccc(OCC4CC4)cc3[C@@H](F)C2)cc1.C[C@H](NC(=O)CC#N)c1ccc(CN2Cc3ccc(OCC4CC4)cc3[C@H](F)C2)cc1. The van der Waals surface area contributed by atoms with Crippen molar-refractivity contribution in [3.63, 3.8) is 0 Å². The number of hydrogen-bond acceptors (Lipinski definition) is 8. The van der Waals surface area contributed by atoms with E-state index < -0.39 is 12.3 Å². The summed E-state index contributed by atoms with van der Waals surface area (Å²) >= 11 is 0. The number of nitriles is 2. The number of benzene rings is 4. The van der Waals surface area contributed by atoms with Crippen molar-refractivity contribution in [2.75, 3.05) is 26.3 Å². The van der Waals surface area contributed by atoms with Gasteiger partial charge in [-0.1, -0.05) is 60.7 Å². The van der Waals surface area contributed by atoms with E-state index in [-0.39, 0.29) is 36.7 Å². The number of amides is 2. The molecule has 324 valence electrons. The van der Waals surface area contributed by atoms with E-state index in [1.165, 1.54) is 25.7 Å². The monoisotopic (exact) mass is 842 g/mol. The van der Waals surface area contributed by atoms with Gasteiger partial charge in [-0.15, -0.1) is 0 Å². The molecule has 0 radical (unpaired) electrons. The molecule has 2 aliphatic carbocycles. The summed E-state index contributed by atoms with van der Waals surface area (Å²) in [5.74, 6) is 2.34. The van der Waals surface area contributed by atoms with Crippen LogP contribution in [0.4, 0.5) is 8.78 Å². The minimum Gasteiger partial charge on any atom is -0.493 e. The zero-order chi connectivity index (χ0) is 43.6. The predicted octanol–water partition coefficient (Wildman–Crippen LogP) is 9.19. The fourth-order valence-corrected chi connectivity index (χ4v) is 7.93. The molecule has 10 nitrogen and oxygen atoms in total. The average molecular weight is 843 g/mol. The van der Waals surface area contributed by atoms with Crippen LogP contribution in [-0.2, 0) is 35.8 Å². The molecule has 2 fully saturated rings. The lowest BCUT2D eigenvalue weighted by molar-refractivity contribution is -0.121. The van der Waals surface area contributed by atoms with Crippen molar-refractivity contribution in [1.82, 2.24) is 20.4 Å². The zero-order valence-corrected chi connectivity index (χ0v) is 35.6. The molecule has 0 aromatic heterocycles. The van der Waals surface area contributed by atoms with Crippen molar-refractivity contribution in [3.8, 4) is 23.6 Å². The van der Waals surface area contributed by atoms with Gasteiger partial charge in [-0.05, 0) is 120 Å². The van der Waals surface area contributed by atoms with Gasteiger partial charge in [-0.25, -0.2) is 8.78 Å². The largest absolute Gasteiger partial charge is 0.493 e. The summed E-state index contributed by atoms with van der Waals surface area (Å²) in [5.41, 5.74) is 7.68. The number of nitrogens with one attached hydrogen (secondary N) is 2. The number of carbonyl (C=O) groups excluding carboxylic acids is 2. The molecule has 12 heteroatoms. The molecule has 2 saturated carbocycles. The van der Waals surface area contributed by atoms with Crippen LogP contribution in [0.15, 0.2) is 84.9 Å². The molecule has 4 atom stereocenters. The second-order valence-corrected chi connectivity index (χ2v) is 17.2. The summed E-state index contributed by atoms with van der Waals surface area (Å²) in [6, 6.07) is 31.0. The Labute approximate surface area is 363 Å². The third-order valence-electron chi connectivity index (χ3n) is 11.9. The highest BCUT2D eigenvalue weighted by Gasteiger charge is 2.28. The van der Waals surface area contributed by atoms with E-state index in [4.69, 9.17) is 20.0 Å². The fourth-order valence-electron chi connectivity index (χ4n) is 7.93. The second-order valence-electron chi connectivity index (χ2n) is 17.2. The van der Waals surface area contributed by atoms with E-state index >= 15 is 0 Å². The van der Waals surface area contributed by atoms with Crippen LogP contribution >= 0.6 is 0 Å². The fraction of sp³-hybridized carbons (Fsp3) is 0.440. The Bertz CT molecular complexity index is 2090. The molecule has 0 saturated heterocycles. The molecule has 4 aromatic carbocycles. The molecule has 4 aromatic rings.